The normalized spacial score (nSPS) is 19.2. The van der Waals surface area contributed by atoms with Gasteiger partial charge in [-0.1, -0.05) is 5.21 Å². The Kier molecular flexibility index (Phi) is 4.79. The number of pyridine rings is 1. The van der Waals surface area contributed by atoms with Gasteiger partial charge in [0.2, 0.25) is 0 Å². The van der Waals surface area contributed by atoms with Crippen LogP contribution in [0.2, 0.25) is 0 Å². The number of aromatic hydroxyl groups is 1. The molecule has 1 saturated carbocycles. The first-order chi connectivity index (χ1) is 15.2. The molecule has 1 fully saturated rings. The van der Waals surface area contributed by atoms with E-state index in [1.54, 1.807) is 15.2 Å². The number of amides is 1. The number of fused-ring (bicyclic) bond motifs is 1. The summed E-state index contributed by atoms with van der Waals surface area (Å²) in [7, 11) is 0. The summed E-state index contributed by atoms with van der Waals surface area (Å²) >= 11 is 0. The molecule has 0 aromatic carbocycles. The van der Waals surface area contributed by atoms with E-state index in [4.69, 9.17) is 4.74 Å². The smallest absolute Gasteiger partial charge is 0.506 e. The van der Waals surface area contributed by atoms with Crippen LogP contribution in [0.4, 0.5) is 4.79 Å². The van der Waals surface area contributed by atoms with Gasteiger partial charge in [0, 0.05) is 30.2 Å². The van der Waals surface area contributed by atoms with Crippen LogP contribution in [0.3, 0.4) is 0 Å². The summed E-state index contributed by atoms with van der Waals surface area (Å²) in [6.07, 6.45) is 9.04. The summed E-state index contributed by atoms with van der Waals surface area (Å²) in [5.41, 5.74) is 3.80. The highest BCUT2D eigenvalue weighted by Crippen LogP contribution is 2.44. The van der Waals surface area contributed by atoms with Crippen molar-refractivity contribution in [2.24, 2.45) is 0 Å². The lowest BCUT2D eigenvalue weighted by atomic mass is 10.1. The van der Waals surface area contributed by atoms with E-state index in [0.29, 0.717) is 18.9 Å². The fraction of sp³-hybridized carbons (Fsp3) is 0.522. The number of rotatable bonds is 3. The third-order valence-electron chi connectivity index (χ3n) is 6.11. The Morgan fingerprint density at radius 1 is 1.28 bits per heavy atom. The van der Waals surface area contributed by atoms with E-state index in [-0.39, 0.29) is 17.9 Å². The molecule has 9 heteroatoms. The molecule has 1 aliphatic carbocycles. The quantitative estimate of drug-likeness (QED) is 0.626. The molecule has 9 nitrogen and oxygen atoms in total. The van der Waals surface area contributed by atoms with Gasteiger partial charge in [0.1, 0.15) is 22.6 Å². The van der Waals surface area contributed by atoms with Gasteiger partial charge in [0.25, 0.3) is 0 Å². The first-order valence-corrected chi connectivity index (χ1v) is 11.2. The van der Waals surface area contributed by atoms with Gasteiger partial charge in [0.05, 0.1) is 17.9 Å². The molecule has 3 aromatic rings. The second kappa shape index (κ2) is 7.43. The molecule has 2 aliphatic rings. The van der Waals surface area contributed by atoms with E-state index < -0.39 is 5.60 Å². The second-order valence-corrected chi connectivity index (χ2v) is 9.78. The largest absolute Gasteiger partial charge is 0.596 e. The van der Waals surface area contributed by atoms with Gasteiger partial charge in [-0.25, -0.2) is 9.20 Å². The van der Waals surface area contributed by atoms with Crippen LogP contribution in [0.15, 0.2) is 18.5 Å². The summed E-state index contributed by atoms with van der Waals surface area (Å²) in [6.45, 7) is 8.14. The molecule has 0 radical (unpaired) electrons. The van der Waals surface area contributed by atoms with Crippen molar-refractivity contribution < 1.29 is 19.2 Å². The average molecular weight is 438 g/mol. The molecule has 0 bridgehead atoms. The highest BCUT2D eigenvalue weighted by atomic mass is 16.6. The highest BCUT2D eigenvalue weighted by Gasteiger charge is 2.32. The van der Waals surface area contributed by atoms with E-state index >= 15 is 0 Å². The fourth-order valence-electron chi connectivity index (χ4n) is 4.35. The minimum absolute atomic E-state index is 0.110. The predicted molar refractivity (Wildman–Crippen MR) is 118 cm³/mol. The Labute approximate surface area is 186 Å². The fourth-order valence-corrected chi connectivity index (χ4v) is 4.35. The van der Waals surface area contributed by atoms with Crippen LogP contribution in [0.25, 0.3) is 16.8 Å². The SMILES string of the molecule is Cc1c(-c2cc(O)c3c(C4CC4)cnn3c2)nnn1C1CC=[N+](C(=O)OC(C)(C)C)CC1. The van der Waals surface area contributed by atoms with E-state index in [1.807, 2.05) is 51.0 Å². The summed E-state index contributed by atoms with van der Waals surface area (Å²) in [5, 5.41) is 24.0. The first kappa shape index (κ1) is 20.7. The Balaban J connectivity index is 1.38. The number of nitrogens with zero attached hydrogens (tertiary/aromatic N) is 6. The number of hydrogen-bond donors (Lipinski definition) is 1. The number of aromatic nitrogens is 5. The van der Waals surface area contributed by atoms with Crippen LogP contribution in [0.5, 0.6) is 5.75 Å². The van der Waals surface area contributed by atoms with Crippen molar-refractivity contribution in [2.45, 2.75) is 70.9 Å². The van der Waals surface area contributed by atoms with Gasteiger partial charge in [0.15, 0.2) is 12.8 Å². The third-order valence-corrected chi connectivity index (χ3v) is 6.11. The van der Waals surface area contributed by atoms with Gasteiger partial charge < -0.3 is 9.84 Å². The molecule has 168 valence electrons. The molecule has 0 spiro atoms. The molecule has 1 atom stereocenters. The van der Waals surface area contributed by atoms with Crippen molar-refractivity contribution in [2.75, 3.05) is 6.54 Å². The van der Waals surface area contributed by atoms with Gasteiger partial charge in [-0.15, -0.1) is 9.67 Å². The van der Waals surface area contributed by atoms with Crippen molar-refractivity contribution in [3.63, 3.8) is 0 Å². The van der Waals surface area contributed by atoms with Gasteiger partial charge >= 0.3 is 6.09 Å². The number of carbonyl (C=O) groups is 1. The van der Waals surface area contributed by atoms with Crippen molar-refractivity contribution in [3.8, 4) is 17.0 Å². The average Bonchev–Trinajstić information content (AvgIpc) is 3.37. The molecule has 1 unspecified atom stereocenters. The highest BCUT2D eigenvalue weighted by molar-refractivity contribution is 5.73. The maximum absolute atomic E-state index is 12.3. The Hall–Kier alpha value is -3.23. The maximum atomic E-state index is 12.3. The molecule has 1 amide bonds. The minimum atomic E-state index is -0.514. The van der Waals surface area contributed by atoms with Gasteiger partial charge in [-0.3, -0.25) is 0 Å². The van der Waals surface area contributed by atoms with Crippen LogP contribution in [-0.2, 0) is 4.74 Å². The number of ether oxygens (including phenoxy) is 1. The van der Waals surface area contributed by atoms with Crippen LogP contribution in [0, 0.1) is 6.92 Å². The van der Waals surface area contributed by atoms with Crippen molar-refractivity contribution >= 4 is 17.8 Å². The molecule has 5 rings (SSSR count). The van der Waals surface area contributed by atoms with Gasteiger partial charge in [-0.05, 0) is 52.5 Å². The Morgan fingerprint density at radius 2 is 2.06 bits per heavy atom. The lowest BCUT2D eigenvalue weighted by Gasteiger charge is -2.21. The van der Waals surface area contributed by atoms with Crippen LogP contribution in [-0.4, -0.2) is 58.7 Å². The molecular weight excluding hydrogens is 408 g/mol. The topological polar surface area (TPSA) is 97.6 Å². The number of carbonyl (C=O) groups excluding carboxylic acids is 1. The zero-order valence-electron chi connectivity index (χ0n) is 18.9. The van der Waals surface area contributed by atoms with Crippen molar-refractivity contribution in [1.82, 2.24) is 24.6 Å². The summed E-state index contributed by atoms with van der Waals surface area (Å²) in [6, 6.07) is 1.86. The molecule has 1 aliphatic heterocycles. The van der Waals surface area contributed by atoms with Crippen LogP contribution >= 0.6 is 0 Å². The molecule has 0 saturated heterocycles. The molecular formula is C23H29N6O3+. The van der Waals surface area contributed by atoms with E-state index in [0.717, 1.165) is 47.3 Å². The summed E-state index contributed by atoms with van der Waals surface area (Å²) < 4.78 is 10.7. The summed E-state index contributed by atoms with van der Waals surface area (Å²) in [5.74, 6) is 0.726. The lowest BCUT2D eigenvalue weighted by Crippen LogP contribution is -2.35. The van der Waals surface area contributed by atoms with E-state index in [9.17, 15) is 9.90 Å². The van der Waals surface area contributed by atoms with Crippen molar-refractivity contribution in [1.29, 1.82) is 0 Å². The molecule has 1 N–H and O–H groups in total. The number of hydrogen-bond acceptors (Lipinski definition) is 6. The summed E-state index contributed by atoms with van der Waals surface area (Å²) in [4.78, 5) is 12.3. The van der Waals surface area contributed by atoms with Crippen LogP contribution < -0.4 is 0 Å². The standard InChI is InChI=1S/C23H28N6O3/c1-14-20(16-11-19(30)21-18(15-5-6-15)12-24-28(21)13-16)25-26-29(14)17-7-9-27(10-8-17)22(31)32-23(2,3)4/h9,11-13,15,17H,5-8,10H2,1-4H3/p+1. The lowest BCUT2D eigenvalue weighted by molar-refractivity contribution is -0.453. The Morgan fingerprint density at radius 3 is 2.72 bits per heavy atom. The van der Waals surface area contributed by atoms with E-state index in [2.05, 4.69) is 15.4 Å². The molecule has 4 heterocycles. The maximum Gasteiger partial charge on any atom is 0.596 e. The van der Waals surface area contributed by atoms with Gasteiger partial charge in [-0.2, -0.15) is 9.89 Å². The third kappa shape index (κ3) is 3.76. The van der Waals surface area contributed by atoms with Crippen molar-refractivity contribution in [3.05, 3.63) is 29.7 Å². The second-order valence-electron chi connectivity index (χ2n) is 9.78. The zero-order valence-corrected chi connectivity index (χ0v) is 18.9. The van der Waals surface area contributed by atoms with E-state index in [1.165, 1.54) is 0 Å². The minimum Gasteiger partial charge on any atom is -0.506 e. The monoisotopic (exact) mass is 437 g/mol. The first-order valence-electron chi connectivity index (χ1n) is 11.2. The molecule has 32 heavy (non-hydrogen) atoms. The molecule has 3 aromatic heterocycles. The van der Waals surface area contributed by atoms with Crippen LogP contribution in [0.1, 0.15) is 69.7 Å². The zero-order chi connectivity index (χ0) is 22.6. The predicted octanol–water partition coefficient (Wildman–Crippen LogP) is 3.84. The Bertz CT molecular complexity index is 1230.